The summed E-state index contributed by atoms with van der Waals surface area (Å²) in [7, 11) is 1.87. The van der Waals surface area contributed by atoms with Gasteiger partial charge in [-0.25, -0.2) is 8.78 Å². The normalized spacial score (nSPS) is 16.2. The predicted octanol–water partition coefficient (Wildman–Crippen LogP) is 5.45. The fourth-order valence-corrected chi connectivity index (χ4v) is 3.53. The van der Waals surface area contributed by atoms with Crippen LogP contribution in [0.4, 0.5) is 8.78 Å². The summed E-state index contributed by atoms with van der Waals surface area (Å²) in [5.74, 6) is -1.67. The van der Waals surface area contributed by atoms with Crippen molar-refractivity contribution in [3.63, 3.8) is 0 Å². The Morgan fingerprint density at radius 1 is 1.13 bits per heavy atom. The first-order valence-corrected chi connectivity index (χ1v) is 10.1. The zero-order valence-corrected chi connectivity index (χ0v) is 17.5. The lowest BCUT2D eigenvalue weighted by molar-refractivity contribution is -0.0504. The highest BCUT2D eigenvalue weighted by atomic mass is 35.5. The molecule has 1 aliphatic heterocycles. The number of likely N-dealkylation sites (tertiary alicyclic amines) is 1. The molecule has 3 aromatic rings. The summed E-state index contributed by atoms with van der Waals surface area (Å²) in [6, 6.07) is 13.0. The third-order valence-corrected chi connectivity index (χ3v) is 5.36. The molecule has 160 valence electrons. The molecule has 1 fully saturated rings. The number of hydrogen-bond acceptors (Lipinski definition) is 4. The van der Waals surface area contributed by atoms with E-state index >= 15 is 0 Å². The molecule has 1 N–H and O–H groups in total. The second kappa shape index (κ2) is 9.69. The van der Waals surface area contributed by atoms with Crippen molar-refractivity contribution in [2.24, 2.45) is 0 Å². The van der Waals surface area contributed by atoms with Crippen LogP contribution in [-0.4, -0.2) is 49.0 Å². The van der Waals surface area contributed by atoms with Gasteiger partial charge in [0.2, 0.25) is 0 Å². The van der Waals surface area contributed by atoms with Gasteiger partial charge < -0.3 is 14.4 Å². The van der Waals surface area contributed by atoms with Crippen LogP contribution in [0.5, 0.6) is 0 Å². The predicted molar refractivity (Wildman–Crippen MR) is 115 cm³/mol. The first-order valence-electron chi connectivity index (χ1n) is 9.76. The summed E-state index contributed by atoms with van der Waals surface area (Å²) >= 11 is 6.27. The average molecular weight is 436 g/mol. The van der Waals surface area contributed by atoms with E-state index in [0.717, 1.165) is 22.8 Å². The van der Waals surface area contributed by atoms with E-state index in [2.05, 4.69) is 0 Å². The molecule has 2 aromatic carbocycles. The number of hydrogen-bond donors (Lipinski definition) is 1. The quantitative estimate of drug-likeness (QED) is 0.554. The Hall–Kier alpha value is -2.28. The lowest BCUT2D eigenvalue weighted by Crippen LogP contribution is -2.36. The molecule has 0 spiro atoms. The third-order valence-electron chi connectivity index (χ3n) is 5.08. The molecule has 0 atom stereocenters. The van der Waals surface area contributed by atoms with Gasteiger partial charge in [-0.15, -0.1) is 0 Å². The van der Waals surface area contributed by atoms with Crippen molar-refractivity contribution in [3.8, 4) is 11.1 Å². The first kappa shape index (κ1) is 22.4. The number of aliphatic hydroxyl groups excluding tert-OH is 1. The maximum Gasteiger partial charge on any atom is 0.250 e. The molecule has 1 aliphatic rings. The van der Waals surface area contributed by atoms with Gasteiger partial charge in [0.15, 0.2) is 5.58 Å². The van der Waals surface area contributed by atoms with Crippen molar-refractivity contribution in [1.29, 1.82) is 0 Å². The molecule has 4 rings (SSSR count). The molecule has 0 radical (unpaired) electrons. The standard InChI is InChI=1S/C17H13ClO3.C6H11F2N/c18-16-9-13(12-3-1-11(10-20)2-4-12)7-14-8-15(5-6-19)21-17(14)16;1-9-4-2-6(7,8)3-5-9/h1-4,7-10,19H,5-6H2;2-5H2,1H3. The third kappa shape index (κ3) is 5.65. The number of carbonyl (C=O) groups is 1. The van der Waals surface area contributed by atoms with Gasteiger partial charge in [0.25, 0.3) is 5.92 Å². The van der Waals surface area contributed by atoms with Crippen molar-refractivity contribution >= 4 is 28.9 Å². The van der Waals surface area contributed by atoms with Crippen LogP contribution in [0.1, 0.15) is 29.0 Å². The minimum atomic E-state index is -2.38. The Morgan fingerprint density at radius 2 is 1.80 bits per heavy atom. The first-order chi connectivity index (χ1) is 14.3. The van der Waals surface area contributed by atoms with Gasteiger partial charge >= 0.3 is 0 Å². The van der Waals surface area contributed by atoms with Crippen LogP contribution in [0.3, 0.4) is 0 Å². The molecule has 0 amide bonds. The van der Waals surface area contributed by atoms with Crippen molar-refractivity contribution in [1.82, 2.24) is 4.90 Å². The lowest BCUT2D eigenvalue weighted by atomic mass is 10.0. The van der Waals surface area contributed by atoms with Crippen molar-refractivity contribution in [2.75, 3.05) is 26.7 Å². The van der Waals surface area contributed by atoms with E-state index < -0.39 is 5.92 Å². The molecule has 1 aromatic heterocycles. The van der Waals surface area contributed by atoms with Crippen LogP contribution in [0.15, 0.2) is 46.9 Å². The summed E-state index contributed by atoms with van der Waals surface area (Å²) in [5, 5.41) is 10.4. The summed E-state index contributed by atoms with van der Waals surface area (Å²) in [6.45, 7) is 1.11. The Bertz CT molecular complexity index is 992. The fraction of sp³-hybridized carbons (Fsp3) is 0.348. The smallest absolute Gasteiger partial charge is 0.250 e. The van der Waals surface area contributed by atoms with Crippen LogP contribution in [0.2, 0.25) is 5.02 Å². The summed E-state index contributed by atoms with van der Waals surface area (Å²) < 4.78 is 30.3. The lowest BCUT2D eigenvalue weighted by Gasteiger charge is -2.28. The van der Waals surface area contributed by atoms with Gasteiger partial charge in [0, 0.05) is 43.3 Å². The number of alkyl halides is 2. The fourth-order valence-electron chi connectivity index (χ4n) is 3.26. The van der Waals surface area contributed by atoms with E-state index in [9.17, 15) is 13.6 Å². The number of nitrogens with zero attached hydrogens (tertiary/aromatic N) is 1. The van der Waals surface area contributed by atoms with E-state index in [0.29, 0.717) is 41.4 Å². The van der Waals surface area contributed by atoms with Crippen molar-refractivity contribution in [2.45, 2.75) is 25.2 Å². The number of piperidine rings is 1. The largest absolute Gasteiger partial charge is 0.459 e. The summed E-state index contributed by atoms with van der Waals surface area (Å²) in [6.07, 6.45) is 1.35. The van der Waals surface area contributed by atoms with Crippen molar-refractivity contribution < 1.29 is 23.1 Å². The minimum absolute atomic E-state index is 0.0312. The number of halogens is 3. The van der Waals surface area contributed by atoms with Crippen LogP contribution >= 0.6 is 11.6 Å². The van der Waals surface area contributed by atoms with E-state index in [-0.39, 0.29) is 19.4 Å². The van der Waals surface area contributed by atoms with Gasteiger partial charge in [0.05, 0.1) is 11.6 Å². The summed E-state index contributed by atoms with van der Waals surface area (Å²) in [5.41, 5.74) is 3.21. The highest BCUT2D eigenvalue weighted by Gasteiger charge is 2.32. The SMILES string of the molecule is CN1CCC(F)(F)CC1.O=Cc1ccc(-c2cc(Cl)c3oc(CCO)cc3c2)cc1. The van der Waals surface area contributed by atoms with Crippen LogP contribution in [0, 0.1) is 0 Å². The van der Waals surface area contributed by atoms with Gasteiger partial charge in [0.1, 0.15) is 12.0 Å². The molecule has 1 saturated heterocycles. The van der Waals surface area contributed by atoms with E-state index in [1.165, 1.54) is 0 Å². The van der Waals surface area contributed by atoms with Gasteiger partial charge in [-0.1, -0.05) is 35.9 Å². The topological polar surface area (TPSA) is 53.7 Å². The maximum absolute atomic E-state index is 12.4. The second-order valence-electron chi connectivity index (χ2n) is 7.46. The van der Waals surface area contributed by atoms with E-state index in [1.807, 2.05) is 42.3 Å². The molecule has 0 aliphatic carbocycles. The van der Waals surface area contributed by atoms with Crippen molar-refractivity contribution in [3.05, 3.63) is 58.8 Å². The number of benzene rings is 2. The number of aldehydes is 1. The number of fused-ring (bicyclic) bond motifs is 1. The Labute approximate surface area is 179 Å². The molecule has 0 unspecified atom stereocenters. The highest BCUT2D eigenvalue weighted by Crippen LogP contribution is 2.33. The number of rotatable bonds is 4. The number of furan rings is 1. The number of carbonyl (C=O) groups excluding carboxylic acids is 1. The highest BCUT2D eigenvalue weighted by molar-refractivity contribution is 6.35. The molecular weight excluding hydrogens is 412 g/mol. The van der Waals surface area contributed by atoms with Crippen LogP contribution in [-0.2, 0) is 6.42 Å². The van der Waals surface area contributed by atoms with E-state index in [1.54, 1.807) is 12.1 Å². The minimum Gasteiger partial charge on any atom is -0.459 e. The molecule has 30 heavy (non-hydrogen) atoms. The second-order valence-corrected chi connectivity index (χ2v) is 7.87. The summed E-state index contributed by atoms with van der Waals surface area (Å²) in [4.78, 5) is 12.6. The molecular formula is C23H24ClF2NO3. The van der Waals surface area contributed by atoms with Gasteiger partial charge in [-0.3, -0.25) is 4.79 Å². The molecule has 4 nitrogen and oxygen atoms in total. The van der Waals surface area contributed by atoms with Gasteiger partial charge in [-0.05, 0) is 36.4 Å². The maximum atomic E-state index is 12.4. The monoisotopic (exact) mass is 435 g/mol. The molecule has 2 heterocycles. The average Bonchev–Trinajstić information content (AvgIpc) is 3.14. The Balaban J connectivity index is 0.000000239. The molecule has 0 bridgehead atoms. The zero-order valence-electron chi connectivity index (χ0n) is 16.7. The molecule has 7 heteroatoms. The Kier molecular flexibility index (Phi) is 7.23. The van der Waals surface area contributed by atoms with Crippen LogP contribution < -0.4 is 0 Å². The molecule has 0 saturated carbocycles. The zero-order chi connectivity index (χ0) is 21.7. The van der Waals surface area contributed by atoms with E-state index in [4.69, 9.17) is 21.1 Å². The number of aliphatic hydroxyl groups is 1. The van der Waals surface area contributed by atoms with Gasteiger partial charge in [-0.2, -0.15) is 0 Å². The Morgan fingerprint density at radius 3 is 2.37 bits per heavy atom. The van der Waals surface area contributed by atoms with Crippen LogP contribution in [0.25, 0.3) is 22.1 Å².